The molecule has 5 nitrogen and oxygen atoms in total. The fourth-order valence-electron chi connectivity index (χ4n) is 2.46. The molecule has 3 rings (SSSR count). The Bertz CT molecular complexity index is 886. The van der Waals surface area contributed by atoms with E-state index in [1.54, 1.807) is 25.5 Å². The summed E-state index contributed by atoms with van der Waals surface area (Å²) in [6, 6.07) is 19.1. The highest BCUT2D eigenvalue weighted by Crippen LogP contribution is 2.29. The number of amides is 1. The third kappa shape index (κ3) is 5.51. The number of methoxy groups -OCH3 is 1. The summed E-state index contributed by atoms with van der Waals surface area (Å²) in [6.45, 7) is 0.813. The van der Waals surface area contributed by atoms with Gasteiger partial charge in [0, 0.05) is 6.08 Å². The van der Waals surface area contributed by atoms with Gasteiger partial charge in [0.05, 0.1) is 19.9 Å². The van der Waals surface area contributed by atoms with Crippen LogP contribution in [0.5, 0.6) is 11.5 Å². The lowest BCUT2D eigenvalue weighted by molar-refractivity contribution is -0.116. The first-order valence-electron chi connectivity index (χ1n) is 8.57. The molecule has 1 heterocycles. The minimum absolute atomic E-state index is 0.199. The van der Waals surface area contributed by atoms with Gasteiger partial charge in [0.2, 0.25) is 5.91 Å². The predicted octanol–water partition coefficient (Wildman–Crippen LogP) is 4.20. The molecule has 0 atom stereocenters. The minimum atomic E-state index is -0.199. The second-order valence-corrected chi connectivity index (χ2v) is 5.82. The lowest BCUT2D eigenvalue weighted by atomic mass is 10.2. The Kier molecular flexibility index (Phi) is 6.30. The van der Waals surface area contributed by atoms with Gasteiger partial charge in [-0.1, -0.05) is 36.4 Å². The summed E-state index contributed by atoms with van der Waals surface area (Å²) in [4.78, 5) is 11.9. The van der Waals surface area contributed by atoms with Gasteiger partial charge in [0.25, 0.3) is 0 Å². The lowest BCUT2D eigenvalue weighted by Gasteiger charge is -2.11. The molecule has 1 N–H and O–H groups in total. The van der Waals surface area contributed by atoms with Crippen LogP contribution in [0.3, 0.4) is 0 Å². The van der Waals surface area contributed by atoms with Crippen LogP contribution in [0.4, 0.5) is 0 Å². The van der Waals surface area contributed by atoms with Crippen molar-refractivity contribution in [2.75, 3.05) is 7.11 Å². The zero-order valence-corrected chi connectivity index (χ0v) is 15.1. The van der Waals surface area contributed by atoms with Gasteiger partial charge >= 0.3 is 0 Å². The molecule has 27 heavy (non-hydrogen) atoms. The molecule has 0 aliphatic carbocycles. The molecule has 2 aromatic carbocycles. The van der Waals surface area contributed by atoms with E-state index in [9.17, 15) is 4.79 Å². The van der Waals surface area contributed by atoms with Crippen LogP contribution >= 0.6 is 0 Å². The quantitative estimate of drug-likeness (QED) is 0.610. The number of nitrogens with one attached hydrogen (secondary N) is 1. The van der Waals surface area contributed by atoms with Crippen molar-refractivity contribution in [2.24, 2.45) is 0 Å². The standard InChI is InChI=1S/C22H21NO4/c1-25-21-14-17(10-12-22(24)23-15-19-8-5-13-26-19)9-11-20(21)27-16-18-6-3-2-4-7-18/h2-14H,15-16H2,1H3,(H,23,24). The van der Waals surface area contributed by atoms with Gasteiger partial charge < -0.3 is 19.2 Å². The Balaban J connectivity index is 1.58. The zero-order valence-electron chi connectivity index (χ0n) is 15.1. The summed E-state index contributed by atoms with van der Waals surface area (Å²) >= 11 is 0. The Hall–Kier alpha value is -3.47. The molecule has 1 amide bonds. The van der Waals surface area contributed by atoms with Crippen molar-refractivity contribution in [3.8, 4) is 11.5 Å². The summed E-state index contributed by atoms with van der Waals surface area (Å²) in [6.07, 6.45) is 4.77. The Labute approximate surface area is 158 Å². The molecule has 0 saturated heterocycles. The molecule has 0 aliphatic heterocycles. The van der Waals surface area contributed by atoms with Crippen LogP contribution in [0.25, 0.3) is 6.08 Å². The van der Waals surface area contributed by atoms with E-state index in [0.29, 0.717) is 30.4 Å². The normalized spacial score (nSPS) is 10.7. The molecule has 5 heteroatoms. The fourth-order valence-corrected chi connectivity index (χ4v) is 2.46. The third-order valence-corrected chi connectivity index (χ3v) is 3.87. The van der Waals surface area contributed by atoms with E-state index < -0.39 is 0 Å². The van der Waals surface area contributed by atoms with Crippen LogP contribution in [0.1, 0.15) is 16.9 Å². The van der Waals surface area contributed by atoms with E-state index in [0.717, 1.165) is 11.1 Å². The van der Waals surface area contributed by atoms with Crippen LogP contribution in [-0.4, -0.2) is 13.0 Å². The fraction of sp³-hybridized carbons (Fsp3) is 0.136. The molecule has 3 aromatic rings. The number of carbonyl (C=O) groups excluding carboxylic acids is 1. The number of furan rings is 1. The van der Waals surface area contributed by atoms with Crippen molar-refractivity contribution in [1.82, 2.24) is 5.32 Å². The summed E-state index contributed by atoms with van der Waals surface area (Å²) in [5.74, 6) is 1.78. The minimum Gasteiger partial charge on any atom is -0.493 e. The molecule has 0 radical (unpaired) electrons. The number of carbonyl (C=O) groups is 1. The second-order valence-electron chi connectivity index (χ2n) is 5.82. The van der Waals surface area contributed by atoms with Crippen LogP contribution in [-0.2, 0) is 17.9 Å². The molecule has 0 spiro atoms. The molecular weight excluding hydrogens is 342 g/mol. The van der Waals surface area contributed by atoms with E-state index >= 15 is 0 Å². The van der Waals surface area contributed by atoms with Gasteiger partial charge in [-0.2, -0.15) is 0 Å². The monoisotopic (exact) mass is 363 g/mol. The largest absolute Gasteiger partial charge is 0.493 e. The maximum Gasteiger partial charge on any atom is 0.244 e. The highest BCUT2D eigenvalue weighted by atomic mass is 16.5. The molecule has 138 valence electrons. The number of hydrogen-bond donors (Lipinski definition) is 1. The molecule has 0 unspecified atom stereocenters. The van der Waals surface area contributed by atoms with E-state index in [2.05, 4.69) is 5.32 Å². The third-order valence-electron chi connectivity index (χ3n) is 3.87. The van der Waals surface area contributed by atoms with Gasteiger partial charge in [0.15, 0.2) is 11.5 Å². The average Bonchev–Trinajstić information content (AvgIpc) is 3.24. The smallest absolute Gasteiger partial charge is 0.244 e. The average molecular weight is 363 g/mol. The van der Waals surface area contributed by atoms with Crippen LogP contribution in [0, 0.1) is 0 Å². The van der Waals surface area contributed by atoms with Crippen LogP contribution in [0.15, 0.2) is 77.4 Å². The molecular formula is C22H21NO4. The van der Waals surface area contributed by atoms with Crippen molar-refractivity contribution >= 4 is 12.0 Å². The van der Waals surface area contributed by atoms with Crippen LogP contribution in [0.2, 0.25) is 0 Å². The topological polar surface area (TPSA) is 60.7 Å². The van der Waals surface area contributed by atoms with Crippen molar-refractivity contribution in [3.05, 3.63) is 89.9 Å². The first kappa shape index (κ1) is 18.3. The van der Waals surface area contributed by atoms with Crippen molar-refractivity contribution < 1.29 is 18.7 Å². The number of benzene rings is 2. The molecule has 1 aromatic heterocycles. The van der Waals surface area contributed by atoms with Crippen LogP contribution < -0.4 is 14.8 Å². The van der Waals surface area contributed by atoms with E-state index in [-0.39, 0.29) is 5.91 Å². The second kappa shape index (κ2) is 9.29. The maximum absolute atomic E-state index is 11.9. The Morgan fingerprint density at radius 1 is 1.07 bits per heavy atom. The van der Waals surface area contributed by atoms with E-state index in [1.807, 2.05) is 54.6 Å². The van der Waals surface area contributed by atoms with Crippen molar-refractivity contribution in [1.29, 1.82) is 0 Å². The van der Waals surface area contributed by atoms with Crippen molar-refractivity contribution in [3.63, 3.8) is 0 Å². The zero-order chi connectivity index (χ0) is 18.9. The molecule has 0 saturated carbocycles. The maximum atomic E-state index is 11.9. The number of ether oxygens (including phenoxy) is 2. The first-order chi connectivity index (χ1) is 13.2. The highest BCUT2D eigenvalue weighted by molar-refractivity contribution is 5.91. The number of rotatable bonds is 8. The summed E-state index contributed by atoms with van der Waals surface area (Å²) in [5, 5.41) is 2.76. The van der Waals surface area contributed by atoms with E-state index in [4.69, 9.17) is 13.9 Å². The lowest BCUT2D eigenvalue weighted by Crippen LogP contribution is -2.19. The Morgan fingerprint density at radius 2 is 1.93 bits per heavy atom. The van der Waals surface area contributed by atoms with Crippen molar-refractivity contribution in [2.45, 2.75) is 13.2 Å². The SMILES string of the molecule is COc1cc(C=CC(=O)NCc2ccco2)ccc1OCc1ccccc1. The highest BCUT2D eigenvalue weighted by Gasteiger charge is 2.06. The molecule has 0 fully saturated rings. The summed E-state index contributed by atoms with van der Waals surface area (Å²) < 4.78 is 16.4. The van der Waals surface area contributed by atoms with Gasteiger partial charge in [-0.15, -0.1) is 0 Å². The predicted molar refractivity (Wildman–Crippen MR) is 103 cm³/mol. The molecule has 0 aliphatic rings. The summed E-state index contributed by atoms with van der Waals surface area (Å²) in [7, 11) is 1.59. The van der Waals surface area contributed by atoms with Gasteiger partial charge in [-0.3, -0.25) is 4.79 Å². The van der Waals surface area contributed by atoms with Gasteiger partial charge in [-0.05, 0) is 41.5 Å². The molecule has 0 bridgehead atoms. The Morgan fingerprint density at radius 3 is 2.67 bits per heavy atom. The number of hydrogen-bond acceptors (Lipinski definition) is 4. The first-order valence-corrected chi connectivity index (χ1v) is 8.57. The van der Waals surface area contributed by atoms with Gasteiger partial charge in [0.1, 0.15) is 12.4 Å². The van der Waals surface area contributed by atoms with E-state index in [1.165, 1.54) is 6.08 Å². The summed E-state index contributed by atoms with van der Waals surface area (Å²) in [5.41, 5.74) is 1.92. The van der Waals surface area contributed by atoms with Gasteiger partial charge in [-0.25, -0.2) is 0 Å².